The Kier molecular flexibility index (Phi) is 4.76. The first-order valence-electron chi connectivity index (χ1n) is 4.50. The second-order valence-electron chi connectivity index (χ2n) is 3.09. The smallest absolute Gasteiger partial charge is 0.304 e. The average Bonchev–Trinajstić information content (AvgIpc) is 2.15. The Bertz CT molecular complexity index is 510. The molecule has 0 amide bonds. The number of hydrogen-bond donors (Lipinski definition) is 2. The van der Waals surface area contributed by atoms with Gasteiger partial charge in [-0.2, -0.15) is 0 Å². The number of hydrogen-bond acceptors (Lipinski definition) is 3. The maximum absolute atomic E-state index is 11.8. The highest BCUT2D eigenvalue weighted by atomic mass is 35.5. The normalized spacial score (nSPS) is 11.4. The molecule has 0 fully saturated rings. The lowest BCUT2D eigenvalue weighted by atomic mass is 10.4. The van der Waals surface area contributed by atoms with Gasteiger partial charge >= 0.3 is 5.97 Å². The summed E-state index contributed by atoms with van der Waals surface area (Å²) in [5.74, 6) is -1.10. The Labute approximate surface area is 108 Å². The van der Waals surface area contributed by atoms with Gasteiger partial charge in [0, 0.05) is 6.54 Å². The first-order valence-corrected chi connectivity index (χ1v) is 6.74. The van der Waals surface area contributed by atoms with E-state index in [0.717, 1.165) is 0 Å². The van der Waals surface area contributed by atoms with E-state index < -0.39 is 16.0 Å². The van der Waals surface area contributed by atoms with Gasteiger partial charge in [0.05, 0.1) is 16.5 Å². The zero-order valence-electron chi connectivity index (χ0n) is 8.48. The summed E-state index contributed by atoms with van der Waals surface area (Å²) in [7, 11) is -3.89. The minimum Gasteiger partial charge on any atom is -0.481 e. The molecule has 1 aromatic carbocycles. The van der Waals surface area contributed by atoms with Crippen LogP contribution >= 0.6 is 23.2 Å². The van der Waals surface area contributed by atoms with E-state index in [1.807, 2.05) is 0 Å². The standard InChI is InChI=1S/C9H9Cl2NO4S/c10-6-2-1-3-7(11)9(6)17(15,16)12-5-4-8(13)14/h1-3,12H,4-5H2,(H,13,14). The van der Waals surface area contributed by atoms with Gasteiger partial charge < -0.3 is 5.11 Å². The van der Waals surface area contributed by atoms with Gasteiger partial charge in [-0.25, -0.2) is 13.1 Å². The molecule has 0 aromatic heterocycles. The van der Waals surface area contributed by atoms with E-state index in [4.69, 9.17) is 28.3 Å². The van der Waals surface area contributed by atoms with Gasteiger partial charge in [0.2, 0.25) is 10.0 Å². The fourth-order valence-corrected chi connectivity index (χ4v) is 3.28. The zero-order chi connectivity index (χ0) is 13.1. The van der Waals surface area contributed by atoms with Gasteiger partial charge in [-0.3, -0.25) is 4.79 Å². The van der Waals surface area contributed by atoms with Crippen LogP contribution in [-0.2, 0) is 14.8 Å². The Morgan fingerprint density at radius 3 is 2.29 bits per heavy atom. The van der Waals surface area contributed by atoms with Crippen LogP contribution in [-0.4, -0.2) is 26.0 Å². The van der Waals surface area contributed by atoms with Crippen LogP contribution in [0.25, 0.3) is 0 Å². The predicted octanol–water partition coefficient (Wildman–Crippen LogP) is 1.75. The Balaban J connectivity index is 2.94. The van der Waals surface area contributed by atoms with Crippen LogP contribution in [0.3, 0.4) is 0 Å². The van der Waals surface area contributed by atoms with Crippen LogP contribution in [0.4, 0.5) is 0 Å². The second-order valence-corrected chi connectivity index (χ2v) is 5.61. The maximum Gasteiger partial charge on any atom is 0.304 e. The van der Waals surface area contributed by atoms with Crippen molar-refractivity contribution in [1.29, 1.82) is 0 Å². The SMILES string of the molecule is O=C(O)CCNS(=O)(=O)c1c(Cl)cccc1Cl. The van der Waals surface area contributed by atoms with Crippen molar-refractivity contribution in [2.75, 3.05) is 6.54 Å². The summed E-state index contributed by atoms with van der Waals surface area (Å²) in [5.41, 5.74) is 0. The highest BCUT2D eigenvalue weighted by Gasteiger charge is 2.21. The van der Waals surface area contributed by atoms with Crippen molar-refractivity contribution in [3.63, 3.8) is 0 Å². The summed E-state index contributed by atoms with van der Waals surface area (Å²) >= 11 is 11.5. The first kappa shape index (κ1) is 14.2. The fourth-order valence-electron chi connectivity index (χ4n) is 1.10. The van der Waals surface area contributed by atoms with E-state index in [0.29, 0.717) is 0 Å². The van der Waals surface area contributed by atoms with Crippen molar-refractivity contribution >= 4 is 39.2 Å². The van der Waals surface area contributed by atoms with Crippen molar-refractivity contribution in [3.05, 3.63) is 28.2 Å². The molecule has 0 bridgehead atoms. The largest absolute Gasteiger partial charge is 0.481 e. The molecule has 1 aromatic rings. The van der Waals surface area contributed by atoms with Crippen molar-refractivity contribution in [3.8, 4) is 0 Å². The van der Waals surface area contributed by atoms with Crippen molar-refractivity contribution in [1.82, 2.24) is 4.72 Å². The molecule has 0 aliphatic carbocycles. The van der Waals surface area contributed by atoms with E-state index in [1.54, 1.807) is 0 Å². The number of sulfonamides is 1. The molecule has 8 heteroatoms. The lowest BCUT2D eigenvalue weighted by Gasteiger charge is -2.08. The quantitative estimate of drug-likeness (QED) is 0.867. The number of carboxylic acid groups (broad SMARTS) is 1. The minimum absolute atomic E-state index is 0.0136. The lowest BCUT2D eigenvalue weighted by Crippen LogP contribution is -2.26. The number of benzene rings is 1. The van der Waals surface area contributed by atoms with Gasteiger partial charge in [-0.15, -0.1) is 0 Å². The average molecular weight is 298 g/mol. The predicted molar refractivity (Wildman–Crippen MR) is 63.9 cm³/mol. The number of carboxylic acids is 1. The van der Waals surface area contributed by atoms with E-state index >= 15 is 0 Å². The Hall–Kier alpha value is -0.820. The summed E-state index contributed by atoms with van der Waals surface area (Å²) in [5, 5.41) is 8.38. The zero-order valence-corrected chi connectivity index (χ0v) is 10.8. The van der Waals surface area contributed by atoms with Crippen LogP contribution in [0, 0.1) is 0 Å². The van der Waals surface area contributed by atoms with E-state index in [2.05, 4.69) is 4.72 Å². The monoisotopic (exact) mass is 297 g/mol. The number of halogens is 2. The summed E-state index contributed by atoms with van der Waals surface area (Å²) < 4.78 is 25.7. The van der Waals surface area contributed by atoms with Crippen molar-refractivity contribution in [2.24, 2.45) is 0 Å². The van der Waals surface area contributed by atoms with Crippen LogP contribution in [0.15, 0.2) is 23.1 Å². The second kappa shape index (κ2) is 5.68. The Morgan fingerprint density at radius 2 is 1.82 bits per heavy atom. The minimum atomic E-state index is -3.89. The number of aliphatic carboxylic acids is 1. The topological polar surface area (TPSA) is 83.5 Å². The molecule has 0 heterocycles. The molecule has 0 saturated heterocycles. The molecule has 0 unspecified atom stereocenters. The summed E-state index contributed by atoms with van der Waals surface area (Å²) in [6.45, 7) is -0.223. The molecule has 94 valence electrons. The molecule has 0 radical (unpaired) electrons. The van der Waals surface area contributed by atoms with Gasteiger partial charge in [0.1, 0.15) is 4.90 Å². The van der Waals surface area contributed by atoms with Crippen LogP contribution in [0.1, 0.15) is 6.42 Å². The van der Waals surface area contributed by atoms with E-state index in [1.165, 1.54) is 18.2 Å². The third-order valence-electron chi connectivity index (χ3n) is 1.82. The molecular weight excluding hydrogens is 289 g/mol. The van der Waals surface area contributed by atoms with E-state index in [9.17, 15) is 13.2 Å². The van der Waals surface area contributed by atoms with Gasteiger partial charge in [-0.1, -0.05) is 29.3 Å². The number of rotatable bonds is 5. The van der Waals surface area contributed by atoms with Crippen LogP contribution in [0.2, 0.25) is 10.0 Å². The van der Waals surface area contributed by atoms with Gasteiger partial charge in [0.25, 0.3) is 0 Å². The fraction of sp³-hybridized carbons (Fsp3) is 0.222. The highest BCUT2D eigenvalue weighted by molar-refractivity contribution is 7.89. The molecule has 0 aliphatic heterocycles. The molecule has 0 aliphatic rings. The molecule has 0 atom stereocenters. The van der Waals surface area contributed by atoms with E-state index in [-0.39, 0.29) is 27.9 Å². The summed E-state index contributed by atoms with van der Waals surface area (Å²) in [4.78, 5) is 10.0. The molecular formula is C9H9Cl2NO4S. The van der Waals surface area contributed by atoms with Crippen molar-refractivity contribution in [2.45, 2.75) is 11.3 Å². The number of carbonyl (C=O) groups is 1. The van der Waals surface area contributed by atoms with Gasteiger partial charge in [0.15, 0.2) is 0 Å². The molecule has 5 nitrogen and oxygen atoms in total. The molecule has 0 saturated carbocycles. The molecule has 17 heavy (non-hydrogen) atoms. The maximum atomic E-state index is 11.8. The van der Waals surface area contributed by atoms with Gasteiger partial charge in [-0.05, 0) is 12.1 Å². The third-order valence-corrected chi connectivity index (χ3v) is 4.23. The van der Waals surface area contributed by atoms with Crippen LogP contribution in [0.5, 0.6) is 0 Å². The number of nitrogens with one attached hydrogen (secondary N) is 1. The summed E-state index contributed by atoms with van der Waals surface area (Å²) in [6.07, 6.45) is -0.318. The van der Waals surface area contributed by atoms with Crippen molar-refractivity contribution < 1.29 is 18.3 Å². The lowest BCUT2D eigenvalue weighted by molar-refractivity contribution is -0.136. The molecule has 0 spiro atoms. The molecule has 1 rings (SSSR count). The third kappa shape index (κ3) is 3.85. The van der Waals surface area contributed by atoms with Crippen LogP contribution < -0.4 is 4.72 Å². The Morgan fingerprint density at radius 1 is 1.29 bits per heavy atom. The first-order chi connectivity index (χ1) is 7.84. The summed E-state index contributed by atoms with van der Waals surface area (Å²) in [6, 6.07) is 4.29. The highest BCUT2D eigenvalue weighted by Crippen LogP contribution is 2.28. The molecule has 2 N–H and O–H groups in total.